The highest BCUT2D eigenvalue weighted by Gasteiger charge is 2.36. The zero-order valence-corrected chi connectivity index (χ0v) is 19.8. The summed E-state index contributed by atoms with van der Waals surface area (Å²) in [5.74, 6) is -1.65. The van der Waals surface area contributed by atoms with Gasteiger partial charge in [-0.2, -0.15) is 5.26 Å². The summed E-state index contributed by atoms with van der Waals surface area (Å²) in [6.07, 6.45) is -0.306. The van der Waals surface area contributed by atoms with E-state index in [4.69, 9.17) is 4.74 Å². The van der Waals surface area contributed by atoms with E-state index >= 15 is 0 Å². The number of nitrogens with one attached hydrogen (secondary N) is 1. The fourth-order valence-electron chi connectivity index (χ4n) is 3.39. The average molecular weight is 471 g/mol. The lowest BCUT2D eigenvalue weighted by molar-refractivity contribution is -0.123. The van der Waals surface area contributed by atoms with E-state index in [1.54, 1.807) is 37.8 Å². The van der Waals surface area contributed by atoms with Gasteiger partial charge < -0.3 is 9.64 Å². The molecular formula is C23H26N4O5S. The van der Waals surface area contributed by atoms with Gasteiger partial charge in [0.05, 0.1) is 34.6 Å². The number of ether oxygens (including phenoxy) is 1. The predicted molar refractivity (Wildman–Crippen MR) is 122 cm³/mol. The molecule has 2 heterocycles. The van der Waals surface area contributed by atoms with Gasteiger partial charge in [-0.3, -0.25) is 9.52 Å². The summed E-state index contributed by atoms with van der Waals surface area (Å²) >= 11 is 0. The van der Waals surface area contributed by atoms with Crippen LogP contribution in [-0.2, 0) is 25.3 Å². The first-order chi connectivity index (χ1) is 15.5. The molecule has 0 bridgehead atoms. The number of sulfonamides is 1. The highest BCUT2D eigenvalue weighted by atomic mass is 32.2. The number of nitrogens with zero attached hydrogens (tertiary/aromatic N) is 3. The molecule has 1 aliphatic rings. The maximum absolute atomic E-state index is 12.5. The van der Waals surface area contributed by atoms with Gasteiger partial charge in [0, 0.05) is 13.1 Å². The number of hydrogen-bond acceptors (Lipinski definition) is 8. The van der Waals surface area contributed by atoms with E-state index in [9.17, 15) is 23.3 Å². The van der Waals surface area contributed by atoms with Crippen molar-refractivity contribution in [1.29, 1.82) is 5.26 Å². The van der Waals surface area contributed by atoms with E-state index in [0.29, 0.717) is 17.1 Å². The first-order valence-electron chi connectivity index (χ1n) is 10.5. The van der Waals surface area contributed by atoms with Gasteiger partial charge in [-0.25, -0.2) is 18.2 Å². The third-order valence-corrected chi connectivity index (χ3v) is 6.39. The molecule has 0 atom stereocenters. The summed E-state index contributed by atoms with van der Waals surface area (Å²) < 4.78 is 32.1. The van der Waals surface area contributed by atoms with E-state index in [0.717, 1.165) is 5.56 Å². The summed E-state index contributed by atoms with van der Waals surface area (Å²) in [6.45, 7) is 7.43. The first-order valence-corrected chi connectivity index (χ1v) is 12.1. The van der Waals surface area contributed by atoms with Crippen molar-refractivity contribution in [3.8, 4) is 6.07 Å². The standard InChI is InChI=1S/C23H26N4O5S/c1-14(2)32-23(29)20-9-18(10-24)21(25-16(20)4)27-11-19(12-27)22(28)26-33(30,31)13-17-7-5-15(3)6-8-17/h5-9,14,19H,11-13H2,1-4H3,(H,26,28). The SMILES string of the molecule is Cc1ccc(CS(=O)(=O)NC(=O)C2CN(c3nc(C)c(C(=O)OC(C)C)cc3C#N)C2)cc1. The van der Waals surface area contributed by atoms with Crippen molar-refractivity contribution in [3.05, 3.63) is 58.3 Å². The van der Waals surface area contributed by atoms with E-state index in [1.807, 2.05) is 25.1 Å². The van der Waals surface area contributed by atoms with Crippen LogP contribution >= 0.6 is 0 Å². The minimum Gasteiger partial charge on any atom is -0.459 e. The number of pyridine rings is 1. The van der Waals surface area contributed by atoms with Crippen molar-refractivity contribution < 1.29 is 22.7 Å². The maximum atomic E-state index is 12.5. The molecule has 1 amide bonds. The summed E-state index contributed by atoms with van der Waals surface area (Å²) in [4.78, 5) is 30.8. The fraction of sp³-hybridized carbons (Fsp3) is 0.391. The van der Waals surface area contributed by atoms with Crippen LogP contribution < -0.4 is 9.62 Å². The quantitative estimate of drug-likeness (QED) is 0.610. The van der Waals surface area contributed by atoms with Crippen LogP contribution in [0.2, 0.25) is 0 Å². The van der Waals surface area contributed by atoms with Crippen molar-refractivity contribution in [2.45, 2.75) is 39.6 Å². The summed E-state index contributed by atoms with van der Waals surface area (Å²) in [5.41, 5.74) is 2.40. The minimum atomic E-state index is -3.83. The Hall–Kier alpha value is -3.45. The second-order valence-electron chi connectivity index (χ2n) is 8.37. The molecule has 9 nitrogen and oxygen atoms in total. The van der Waals surface area contributed by atoms with Crippen LogP contribution in [0.4, 0.5) is 5.82 Å². The number of benzene rings is 1. The zero-order valence-electron chi connectivity index (χ0n) is 19.0. The minimum absolute atomic E-state index is 0.183. The van der Waals surface area contributed by atoms with Crippen LogP contribution in [0.3, 0.4) is 0 Å². The van der Waals surface area contributed by atoms with Crippen LogP contribution in [0.15, 0.2) is 30.3 Å². The normalized spacial score (nSPS) is 13.9. The molecule has 10 heteroatoms. The molecule has 1 fully saturated rings. The number of esters is 1. The Morgan fingerprint density at radius 1 is 1.24 bits per heavy atom. The molecular weight excluding hydrogens is 444 g/mol. The Bertz CT molecular complexity index is 1210. The maximum Gasteiger partial charge on any atom is 0.340 e. The lowest BCUT2D eigenvalue weighted by Crippen LogP contribution is -2.55. The van der Waals surface area contributed by atoms with Gasteiger partial charge in [0.2, 0.25) is 15.9 Å². The van der Waals surface area contributed by atoms with Gasteiger partial charge in [-0.15, -0.1) is 0 Å². The number of amides is 1. The summed E-state index contributed by atoms with van der Waals surface area (Å²) in [5, 5.41) is 9.52. The monoisotopic (exact) mass is 470 g/mol. The number of aromatic nitrogens is 1. The Morgan fingerprint density at radius 3 is 2.45 bits per heavy atom. The van der Waals surface area contributed by atoms with Crippen LogP contribution in [0.25, 0.3) is 0 Å². The molecule has 1 saturated heterocycles. The predicted octanol–water partition coefficient (Wildman–Crippen LogP) is 2.22. The molecule has 1 aliphatic heterocycles. The third-order valence-electron chi connectivity index (χ3n) is 5.16. The van der Waals surface area contributed by atoms with Crippen molar-refractivity contribution in [2.75, 3.05) is 18.0 Å². The van der Waals surface area contributed by atoms with Crippen LogP contribution in [0, 0.1) is 31.1 Å². The van der Waals surface area contributed by atoms with E-state index in [2.05, 4.69) is 9.71 Å². The molecule has 1 aromatic heterocycles. The molecule has 3 rings (SSSR count). The van der Waals surface area contributed by atoms with E-state index in [-0.39, 0.29) is 36.1 Å². The van der Waals surface area contributed by atoms with Gasteiger partial charge in [0.15, 0.2) is 0 Å². The lowest BCUT2D eigenvalue weighted by atomic mass is 9.98. The fourth-order valence-corrected chi connectivity index (χ4v) is 4.57. The molecule has 33 heavy (non-hydrogen) atoms. The van der Waals surface area contributed by atoms with E-state index < -0.39 is 27.8 Å². The van der Waals surface area contributed by atoms with Crippen molar-refractivity contribution in [1.82, 2.24) is 9.71 Å². The Morgan fingerprint density at radius 2 is 1.88 bits per heavy atom. The summed E-state index contributed by atoms with van der Waals surface area (Å²) in [7, 11) is -3.83. The highest BCUT2D eigenvalue weighted by molar-refractivity contribution is 7.89. The Kier molecular flexibility index (Phi) is 7.03. The van der Waals surface area contributed by atoms with E-state index in [1.165, 1.54) is 6.07 Å². The summed E-state index contributed by atoms with van der Waals surface area (Å²) in [6, 6.07) is 10.5. The second-order valence-corrected chi connectivity index (χ2v) is 10.1. The van der Waals surface area contributed by atoms with Crippen molar-refractivity contribution in [3.63, 3.8) is 0 Å². The second kappa shape index (κ2) is 9.58. The Balaban J connectivity index is 1.65. The van der Waals surface area contributed by atoms with Gasteiger partial charge in [-0.1, -0.05) is 29.8 Å². The van der Waals surface area contributed by atoms with Crippen molar-refractivity contribution in [2.24, 2.45) is 5.92 Å². The number of anilines is 1. The number of carbonyl (C=O) groups is 2. The third kappa shape index (κ3) is 5.87. The number of hydrogen-bond donors (Lipinski definition) is 1. The van der Waals surface area contributed by atoms with Crippen molar-refractivity contribution >= 4 is 27.7 Å². The molecule has 0 aliphatic carbocycles. The van der Waals surface area contributed by atoms with Gasteiger partial charge in [0.25, 0.3) is 0 Å². The van der Waals surface area contributed by atoms with Gasteiger partial charge in [0.1, 0.15) is 11.9 Å². The van der Waals surface area contributed by atoms with Gasteiger partial charge >= 0.3 is 5.97 Å². The smallest absolute Gasteiger partial charge is 0.340 e. The topological polar surface area (TPSA) is 129 Å². The highest BCUT2D eigenvalue weighted by Crippen LogP contribution is 2.28. The van der Waals surface area contributed by atoms with Crippen LogP contribution in [0.1, 0.15) is 46.6 Å². The molecule has 0 saturated carbocycles. The van der Waals surface area contributed by atoms with Gasteiger partial charge in [-0.05, 0) is 39.3 Å². The van der Waals surface area contributed by atoms with Crippen LogP contribution in [-0.4, -0.2) is 44.5 Å². The number of aryl methyl sites for hydroxylation is 2. The molecule has 2 aromatic rings. The van der Waals surface area contributed by atoms with Crippen LogP contribution in [0.5, 0.6) is 0 Å². The average Bonchev–Trinajstić information content (AvgIpc) is 2.67. The zero-order chi connectivity index (χ0) is 24.3. The molecule has 1 aromatic carbocycles. The molecule has 1 N–H and O–H groups in total. The Labute approximate surface area is 193 Å². The molecule has 0 spiro atoms. The number of nitriles is 1. The molecule has 0 unspecified atom stereocenters. The number of rotatable bonds is 7. The molecule has 174 valence electrons. The first kappa shape index (κ1) is 24.2. The lowest BCUT2D eigenvalue weighted by Gasteiger charge is -2.39. The number of carbonyl (C=O) groups excluding carboxylic acids is 2. The largest absolute Gasteiger partial charge is 0.459 e. The molecule has 0 radical (unpaired) electrons.